The van der Waals surface area contributed by atoms with Crippen LogP contribution in [0.3, 0.4) is 0 Å². The van der Waals surface area contributed by atoms with Gasteiger partial charge in [0.1, 0.15) is 0 Å². The predicted molar refractivity (Wildman–Crippen MR) is 84.4 cm³/mol. The molecule has 1 fully saturated rings. The van der Waals surface area contributed by atoms with E-state index in [9.17, 15) is 9.59 Å². The third-order valence-corrected chi connectivity index (χ3v) is 4.01. The number of likely N-dealkylation sites (tertiary alicyclic amines) is 1. The number of imidazole rings is 1. The quantitative estimate of drug-likeness (QED) is 0.887. The van der Waals surface area contributed by atoms with E-state index in [-0.39, 0.29) is 17.7 Å². The Morgan fingerprint density at radius 1 is 1.43 bits per heavy atom. The summed E-state index contributed by atoms with van der Waals surface area (Å²) in [5, 5.41) is 2.91. The standard InChI is InChI=1S/C16H21N5O2/c1-11(2)9-20-10-12(5-15(20)22)16(23)19-7-13-6-18-14-8-17-3-4-21(13)14/h3-4,6,8,11-12H,5,7,9-10H2,1-2H3,(H,19,23)/t12-/m0/s1. The Bertz CT molecular complexity index is 724. The Morgan fingerprint density at radius 2 is 2.26 bits per heavy atom. The first-order chi connectivity index (χ1) is 11.0. The smallest absolute Gasteiger partial charge is 0.225 e. The van der Waals surface area contributed by atoms with E-state index in [2.05, 4.69) is 29.1 Å². The van der Waals surface area contributed by atoms with Crippen LogP contribution < -0.4 is 5.32 Å². The Morgan fingerprint density at radius 3 is 3.04 bits per heavy atom. The van der Waals surface area contributed by atoms with E-state index in [1.54, 1.807) is 23.5 Å². The van der Waals surface area contributed by atoms with Gasteiger partial charge in [-0.15, -0.1) is 0 Å². The minimum absolute atomic E-state index is 0.0692. The number of fused-ring (bicyclic) bond motifs is 1. The summed E-state index contributed by atoms with van der Waals surface area (Å²) >= 11 is 0. The molecular weight excluding hydrogens is 294 g/mol. The van der Waals surface area contributed by atoms with Crippen LogP contribution in [0.5, 0.6) is 0 Å². The Labute approximate surface area is 134 Å². The van der Waals surface area contributed by atoms with Crippen molar-refractivity contribution in [3.8, 4) is 0 Å². The molecule has 1 N–H and O–H groups in total. The lowest BCUT2D eigenvalue weighted by Crippen LogP contribution is -2.34. The highest BCUT2D eigenvalue weighted by molar-refractivity contribution is 5.89. The molecule has 3 heterocycles. The van der Waals surface area contributed by atoms with Gasteiger partial charge < -0.3 is 10.2 Å². The Balaban J connectivity index is 1.59. The van der Waals surface area contributed by atoms with E-state index >= 15 is 0 Å². The zero-order valence-corrected chi connectivity index (χ0v) is 13.4. The summed E-state index contributed by atoms with van der Waals surface area (Å²) < 4.78 is 1.89. The van der Waals surface area contributed by atoms with Gasteiger partial charge in [0.2, 0.25) is 11.8 Å². The molecule has 0 aromatic carbocycles. The van der Waals surface area contributed by atoms with Crippen LogP contribution in [0.1, 0.15) is 26.0 Å². The third-order valence-electron chi connectivity index (χ3n) is 4.01. The second kappa shape index (κ2) is 6.36. The van der Waals surface area contributed by atoms with E-state index in [0.717, 1.165) is 11.3 Å². The average molecular weight is 315 g/mol. The van der Waals surface area contributed by atoms with Crippen molar-refractivity contribution in [2.75, 3.05) is 13.1 Å². The van der Waals surface area contributed by atoms with Gasteiger partial charge >= 0.3 is 0 Å². The maximum atomic E-state index is 12.3. The molecule has 0 radical (unpaired) electrons. The fourth-order valence-corrected chi connectivity index (χ4v) is 2.91. The molecule has 0 spiro atoms. The molecule has 1 saturated heterocycles. The Hall–Kier alpha value is -2.44. The normalized spacial score (nSPS) is 18.1. The third kappa shape index (κ3) is 3.33. The lowest BCUT2D eigenvalue weighted by molar-refractivity contribution is -0.129. The van der Waals surface area contributed by atoms with Crippen LogP contribution in [-0.4, -0.2) is 44.2 Å². The van der Waals surface area contributed by atoms with Gasteiger partial charge in [-0.2, -0.15) is 0 Å². The van der Waals surface area contributed by atoms with Crippen LogP contribution >= 0.6 is 0 Å². The van der Waals surface area contributed by atoms with Gasteiger partial charge in [0.25, 0.3) is 0 Å². The van der Waals surface area contributed by atoms with E-state index < -0.39 is 0 Å². The van der Waals surface area contributed by atoms with Gasteiger partial charge in [-0.3, -0.25) is 19.0 Å². The fourth-order valence-electron chi connectivity index (χ4n) is 2.91. The highest BCUT2D eigenvalue weighted by Crippen LogP contribution is 2.19. The van der Waals surface area contributed by atoms with Crippen LogP contribution in [0.4, 0.5) is 0 Å². The number of carbonyl (C=O) groups excluding carboxylic acids is 2. The van der Waals surface area contributed by atoms with Gasteiger partial charge in [0.15, 0.2) is 5.65 Å². The number of rotatable bonds is 5. The predicted octanol–water partition coefficient (Wildman–Crippen LogP) is 0.850. The maximum Gasteiger partial charge on any atom is 0.225 e. The molecule has 1 aliphatic rings. The monoisotopic (exact) mass is 315 g/mol. The van der Waals surface area contributed by atoms with Crippen LogP contribution in [0.15, 0.2) is 24.8 Å². The zero-order valence-electron chi connectivity index (χ0n) is 13.4. The van der Waals surface area contributed by atoms with Crippen molar-refractivity contribution >= 4 is 17.5 Å². The maximum absolute atomic E-state index is 12.3. The van der Waals surface area contributed by atoms with E-state index in [4.69, 9.17) is 0 Å². The molecular formula is C16H21N5O2. The largest absolute Gasteiger partial charge is 0.350 e. The first kappa shape index (κ1) is 15.5. The molecule has 0 aliphatic carbocycles. The average Bonchev–Trinajstić information content (AvgIpc) is 3.09. The number of nitrogens with zero attached hydrogens (tertiary/aromatic N) is 4. The number of aromatic nitrogens is 3. The van der Waals surface area contributed by atoms with Crippen molar-refractivity contribution in [3.63, 3.8) is 0 Å². The van der Waals surface area contributed by atoms with E-state index in [0.29, 0.717) is 32.0 Å². The summed E-state index contributed by atoms with van der Waals surface area (Å²) in [5.74, 6) is 0.142. The van der Waals surface area contributed by atoms with Gasteiger partial charge in [-0.05, 0) is 5.92 Å². The van der Waals surface area contributed by atoms with Gasteiger partial charge in [0.05, 0.1) is 30.6 Å². The molecule has 0 saturated carbocycles. The summed E-state index contributed by atoms with van der Waals surface area (Å²) in [6.07, 6.45) is 7.19. The van der Waals surface area contributed by atoms with Gasteiger partial charge in [-0.25, -0.2) is 4.98 Å². The second-order valence-electron chi connectivity index (χ2n) is 6.37. The molecule has 2 aromatic rings. The molecule has 2 amide bonds. The molecule has 23 heavy (non-hydrogen) atoms. The minimum atomic E-state index is -0.262. The van der Waals surface area contributed by atoms with Gasteiger partial charge in [0, 0.05) is 31.9 Å². The first-order valence-corrected chi connectivity index (χ1v) is 7.86. The van der Waals surface area contributed by atoms with E-state index in [1.165, 1.54) is 0 Å². The first-order valence-electron chi connectivity index (χ1n) is 7.86. The van der Waals surface area contributed by atoms with Crippen molar-refractivity contribution in [1.82, 2.24) is 24.6 Å². The molecule has 7 heteroatoms. The number of hydrogen-bond acceptors (Lipinski definition) is 4. The van der Waals surface area contributed by atoms with Crippen molar-refractivity contribution in [1.29, 1.82) is 0 Å². The second-order valence-corrected chi connectivity index (χ2v) is 6.37. The molecule has 2 aromatic heterocycles. The Kier molecular flexibility index (Phi) is 4.27. The van der Waals surface area contributed by atoms with Crippen molar-refractivity contribution < 1.29 is 9.59 Å². The fraction of sp³-hybridized carbons (Fsp3) is 0.500. The minimum Gasteiger partial charge on any atom is -0.350 e. The summed E-state index contributed by atoms with van der Waals surface area (Å²) in [6.45, 7) is 5.75. The molecule has 0 bridgehead atoms. The molecule has 1 atom stereocenters. The summed E-state index contributed by atoms with van der Waals surface area (Å²) in [6, 6.07) is 0. The van der Waals surface area contributed by atoms with Crippen molar-refractivity contribution in [2.24, 2.45) is 11.8 Å². The molecule has 122 valence electrons. The SMILES string of the molecule is CC(C)CN1C[C@@H](C(=O)NCc2cnc3cnccn23)CC1=O. The molecule has 1 aliphatic heterocycles. The van der Waals surface area contributed by atoms with Crippen LogP contribution in [-0.2, 0) is 16.1 Å². The van der Waals surface area contributed by atoms with Crippen molar-refractivity contribution in [3.05, 3.63) is 30.5 Å². The van der Waals surface area contributed by atoms with E-state index in [1.807, 2.05) is 10.6 Å². The van der Waals surface area contributed by atoms with Crippen LogP contribution in [0, 0.1) is 11.8 Å². The number of carbonyl (C=O) groups is 2. The molecule has 0 unspecified atom stereocenters. The number of hydrogen-bond donors (Lipinski definition) is 1. The summed E-state index contributed by atoms with van der Waals surface area (Å²) in [7, 11) is 0. The lowest BCUT2D eigenvalue weighted by Gasteiger charge is -2.18. The lowest BCUT2D eigenvalue weighted by atomic mass is 10.1. The van der Waals surface area contributed by atoms with Gasteiger partial charge in [-0.1, -0.05) is 13.8 Å². The van der Waals surface area contributed by atoms with Crippen LogP contribution in [0.2, 0.25) is 0 Å². The number of nitrogens with one attached hydrogen (secondary N) is 1. The molecule has 7 nitrogen and oxygen atoms in total. The van der Waals surface area contributed by atoms with Crippen LogP contribution in [0.25, 0.3) is 5.65 Å². The summed E-state index contributed by atoms with van der Waals surface area (Å²) in [4.78, 5) is 34.3. The number of amides is 2. The zero-order chi connectivity index (χ0) is 16.4. The summed E-state index contributed by atoms with van der Waals surface area (Å²) in [5.41, 5.74) is 1.63. The van der Waals surface area contributed by atoms with Crippen molar-refractivity contribution in [2.45, 2.75) is 26.8 Å². The highest BCUT2D eigenvalue weighted by atomic mass is 16.2. The topological polar surface area (TPSA) is 79.6 Å². The highest BCUT2D eigenvalue weighted by Gasteiger charge is 2.34. The molecule has 3 rings (SSSR count).